The van der Waals surface area contributed by atoms with E-state index in [-0.39, 0.29) is 5.83 Å². The van der Waals surface area contributed by atoms with Gasteiger partial charge < -0.3 is 14.7 Å². The summed E-state index contributed by atoms with van der Waals surface area (Å²) < 4.78 is 20.4. The molecule has 1 unspecified atom stereocenters. The Hall–Kier alpha value is -2.99. The van der Waals surface area contributed by atoms with Crippen LogP contribution in [0.3, 0.4) is 0 Å². The molecule has 1 saturated carbocycles. The highest BCUT2D eigenvalue weighted by atomic mass is 19.1. The van der Waals surface area contributed by atoms with E-state index in [4.69, 9.17) is 14.7 Å². The van der Waals surface area contributed by atoms with E-state index < -0.39 is 6.10 Å². The van der Waals surface area contributed by atoms with E-state index in [9.17, 15) is 5.11 Å². The Balaban J connectivity index is 1.73. The first-order chi connectivity index (χ1) is 17.8. The number of fused-ring (bicyclic) bond motifs is 1. The van der Waals surface area contributed by atoms with E-state index in [1.54, 1.807) is 7.11 Å². The summed E-state index contributed by atoms with van der Waals surface area (Å²) in [4.78, 5) is 11.9. The molecule has 2 aliphatic carbocycles. The number of nitrogens with zero attached hydrogens (tertiary/aromatic N) is 3. The average Bonchev–Trinajstić information content (AvgIpc) is 3.74. The molecule has 1 aliphatic heterocycles. The number of rotatable bonds is 5. The lowest BCUT2D eigenvalue weighted by molar-refractivity contribution is 0.0973. The number of β-amino-alcohol motifs (C(OH)–C–C–N with tert-alkyl or cyclic N) is 1. The van der Waals surface area contributed by atoms with Gasteiger partial charge in [-0.3, -0.25) is 4.98 Å². The molecule has 5 rings (SSSR count). The number of methoxy groups -OCH3 is 1. The van der Waals surface area contributed by atoms with Crippen LogP contribution in [0.5, 0.6) is 0 Å². The molecule has 1 N–H and O–H groups in total. The number of pyridine rings is 1. The number of piperidine rings is 1. The Labute approximate surface area is 219 Å². The molecule has 5 nitrogen and oxygen atoms in total. The van der Waals surface area contributed by atoms with Crippen LogP contribution in [0.2, 0.25) is 0 Å². The number of aliphatic hydroxyl groups is 1. The smallest absolute Gasteiger partial charge is 0.186 e. The summed E-state index contributed by atoms with van der Waals surface area (Å²) in [5.74, 6) is 1.86. The highest BCUT2D eigenvalue weighted by molar-refractivity contribution is 5.85. The molecule has 2 fully saturated rings. The van der Waals surface area contributed by atoms with Crippen LogP contribution < -0.4 is 10.4 Å². The molecule has 37 heavy (non-hydrogen) atoms. The monoisotopic (exact) mass is 503 g/mol. The van der Waals surface area contributed by atoms with Gasteiger partial charge in [-0.2, -0.15) is 4.99 Å². The van der Waals surface area contributed by atoms with Crippen LogP contribution >= 0.6 is 0 Å². The van der Waals surface area contributed by atoms with Crippen LogP contribution in [0.25, 0.3) is 29.2 Å². The first-order valence-corrected chi connectivity index (χ1v) is 13.6. The summed E-state index contributed by atoms with van der Waals surface area (Å²) in [5.41, 5.74) is 7.26. The molecule has 3 aliphatic rings. The fourth-order valence-corrected chi connectivity index (χ4v) is 5.78. The number of aliphatic hydroxyl groups excluding tert-OH is 1. The van der Waals surface area contributed by atoms with Gasteiger partial charge in [0.25, 0.3) is 0 Å². The number of ether oxygens (including phenoxy) is 1. The van der Waals surface area contributed by atoms with E-state index in [2.05, 4.69) is 30.5 Å². The third-order valence-corrected chi connectivity index (χ3v) is 8.09. The molecule has 1 saturated heterocycles. The number of allylic oxidation sites excluding steroid dienone is 2. The molecule has 0 spiro atoms. The maximum absolute atomic E-state index is 15.0. The second kappa shape index (κ2) is 10.4. The summed E-state index contributed by atoms with van der Waals surface area (Å²) in [5, 5.41) is 12.0. The van der Waals surface area contributed by atoms with Crippen molar-refractivity contribution >= 4 is 23.9 Å². The number of hydrogen-bond donors (Lipinski definition) is 1. The third kappa shape index (κ3) is 4.96. The van der Waals surface area contributed by atoms with Gasteiger partial charge in [0, 0.05) is 43.4 Å². The SMILES string of the molecule is C=c1c(C)c(-c2cc(C3CC3)cc3c2C(CC)=C(F)CC3)nc/c1=C(/N=C(\C)OC)N1CCCC(O)C1. The molecule has 1 atom stereocenters. The quantitative estimate of drug-likeness (QED) is 0.463. The minimum absolute atomic E-state index is 0.00296. The first kappa shape index (κ1) is 25.7. The predicted molar refractivity (Wildman–Crippen MR) is 148 cm³/mol. The number of benzene rings is 1. The van der Waals surface area contributed by atoms with Gasteiger partial charge in [-0.1, -0.05) is 19.6 Å². The molecule has 6 heteroatoms. The minimum Gasteiger partial charge on any atom is -0.484 e. The lowest BCUT2D eigenvalue weighted by Gasteiger charge is -2.32. The summed E-state index contributed by atoms with van der Waals surface area (Å²) >= 11 is 0. The highest BCUT2D eigenvalue weighted by Gasteiger charge is 2.29. The molecule has 0 bridgehead atoms. The third-order valence-electron chi connectivity index (χ3n) is 8.09. The maximum atomic E-state index is 15.0. The number of likely N-dealkylation sites (tertiary alicyclic amines) is 1. The van der Waals surface area contributed by atoms with E-state index in [1.165, 1.54) is 24.0 Å². The molecule has 1 aromatic heterocycles. The van der Waals surface area contributed by atoms with Crippen LogP contribution in [-0.2, 0) is 11.2 Å². The van der Waals surface area contributed by atoms with Gasteiger partial charge in [0.15, 0.2) is 5.90 Å². The molecule has 0 radical (unpaired) electrons. The molecule has 1 aromatic carbocycles. The molecule has 2 aromatic rings. The van der Waals surface area contributed by atoms with Gasteiger partial charge in [0.05, 0.1) is 18.9 Å². The second-order valence-corrected chi connectivity index (χ2v) is 10.6. The Morgan fingerprint density at radius 3 is 2.73 bits per heavy atom. The molecule has 196 valence electrons. The van der Waals surface area contributed by atoms with Crippen LogP contribution in [0.15, 0.2) is 29.1 Å². The summed E-state index contributed by atoms with van der Waals surface area (Å²) in [7, 11) is 1.60. The largest absolute Gasteiger partial charge is 0.484 e. The number of aromatic nitrogens is 1. The van der Waals surface area contributed by atoms with Crippen molar-refractivity contribution in [2.45, 2.75) is 77.7 Å². The van der Waals surface area contributed by atoms with Gasteiger partial charge in [-0.15, -0.1) is 0 Å². The zero-order chi connectivity index (χ0) is 26.3. The Kier molecular flexibility index (Phi) is 7.21. The molecule has 0 amide bonds. The van der Waals surface area contributed by atoms with Gasteiger partial charge in [-0.05, 0) is 90.5 Å². The van der Waals surface area contributed by atoms with Crippen LogP contribution in [0.4, 0.5) is 4.39 Å². The van der Waals surface area contributed by atoms with Crippen LogP contribution in [-0.4, -0.2) is 47.2 Å². The van der Waals surface area contributed by atoms with Gasteiger partial charge in [-0.25, -0.2) is 4.39 Å². The molecule has 2 heterocycles. The van der Waals surface area contributed by atoms with Gasteiger partial charge in [0.2, 0.25) is 0 Å². The van der Waals surface area contributed by atoms with Crippen molar-refractivity contribution in [2.75, 3.05) is 20.2 Å². The Morgan fingerprint density at radius 1 is 1.27 bits per heavy atom. The zero-order valence-corrected chi connectivity index (χ0v) is 22.5. The van der Waals surface area contributed by atoms with Crippen molar-refractivity contribution < 1.29 is 14.2 Å². The first-order valence-electron chi connectivity index (χ1n) is 13.6. The van der Waals surface area contributed by atoms with Crippen molar-refractivity contribution in [1.29, 1.82) is 0 Å². The summed E-state index contributed by atoms with van der Waals surface area (Å²) in [6.45, 7) is 11.7. The highest BCUT2D eigenvalue weighted by Crippen LogP contribution is 2.46. The summed E-state index contributed by atoms with van der Waals surface area (Å²) in [6, 6.07) is 4.56. The van der Waals surface area contributed by atoms with E-state index in [0.717, 1.165) is 70.0 Å². The predicted octanol–water partition coefficient (Wildman–Crippen LogP) is 4.97. The standard InChI is InChI=1S/C31H38FN3O2/c1-6-25-28(32)12-11-22-14-23(21-9-10-21)15-26(29(22)25)30-19(3)18(2)27(16-33-30)31(34-20(4)37-5)35-13-7-8-24(36)17-35/h14-16,21,24,36H,2,6-13,17H2,1,3-5H3/b31-27+,34-20+. The van der Waals surface area contributed by atoms with Crippen molar-refractivity contribution in [1.82, 2.24) is 9.88 Å². The van der Waals surface area contributed by atoms with Crippen LogP contribution in [0, 0.1) is 6.92 Å². The Morgan fingerprint density at radius 2 is 2.05 bits per heavy atom. The number of hydrogen-bond acceptors (Lipinski definition) is 5. The minimum atomic E-state index is -0.394. The number of halogens is 1. The summed E-state index contributed by atoms with van der Waals surface area (Å²) in [6.07, 6.45) is 7.42. The van der Waals surface area contributed by atoms with Crippen LogP contribution in [0.1, 0.15) is 80.5 Å². The Bertz CT molecular complexity index is 1390. The average molecular weight is 504 g/mol. The lowest BCUT2D eigenvalue weighted by atomic mass is 9.82. The van der Waals surface area contributed by atoms with Crippen molar-refractivity contribution in [3.05, 3.63) is 56.8 Å². The van der Waals surface area contributed by atoms with Crippen molar-refractivity contribution in [3.63, 3.8) is 0 Å². The fraction of sp³-hybridized carbons (Fsp3) is 0.484. The molecular formula is C31H38FN3O2. The van der Waals surface area contributed by atoms with Gasteiger partial charge in [0.1, 0.15) is 11.6 Å². The number of aryl methyl sites for hydroxylation is 1. The lowest BCUT2D eigenvalue weighted by Crippen LogP contribution is -2.42. The van der Waals surface area contributed by atoms with Crippen molar-refractivity contribution in [3.8, 4) is 11.3 Å². The van der Waals surface area contributed by atoms with E-state index in [0.29, 0.717) is 31.2 Å². The topological polar surface area (TPSA) is 58.0 Å². The zero-order valence-electron chi connectivity index (χ0n) is 22.5. The normalized spacial score (nSPS) is 21.2. The van der Waals surface area contributed by atoms with E-state index in [1.807, 2.05) is 20.0 Å². The van der Waals surface area contributed by atoms with E-state index >= 15 is 4.39 Å². The second-order valence-electron chi connectivity index (χ2n) is 10.6. The molecular weight excluding hydrogens is 465 g/mol. The van der Waals surface area contributed by atoms with Crippen molar-refractivity contribution in [2.24, 2.45) is 4.99 Å². The maximum Gasteiger partial charge on any atom is 0.186 e. The number of aliphatic imine (C=N–C) groups is 1. The fourth-order valence-electron chi connectivity index (χ4n) is 5.78. The van der Waals surface area contributed by atoms with Gasteiger partial charge >= 0.3 is 0 Å².